The number of rotatable bonds is 6. The minimum atomic E-state index is -0.532. The molecular formula is C32H33N5O3. The number of imide groups is 1. The van der Waals surface area contributed by atoms with Crippen LogP contribution in [0.5, 0.6) is 0 Å². The van der Waals surface area contributed by atoms with Gasteiger partial charge in [-0.15, -0.1) is 0 Å². The van der Waals surface area contributed by atoms with E-state index in [2.05, 4.69) is 81.8 Å². The van der Waals surface area contributed by atoms with Crippen LogP contribution < -0.4 is 5.32 Å². The van der Waals surface area contributed by atoms with Crippen molar-refractivity contribution in [3.63, 3.8) is 0 Å². The second-order valence-electron chi connectivity index (χ2n) is 11.3. The summed E-state index contributed by atoms with van der Waals surface area (Å²) < 4.78 is 0. The Bertz CT molecular complexity index is 1390. The molecule has 3 saturated heterocycles. The molecule has 7 rings (SSSR count). The number of carbonyl (C=O) groups excluding carboxylic acids is 3. The molecule has 3 aromatic rings. The van der Waals surface area contributed by atoms with E-state index >= 15 is 0 Å². The van der Waals surface area contributed by atoms with Gasteiger partial charge in [-0.05, 0) is 41.2 Å². The minimum Gasteiger partial charge on any atom is -0.296 e. The van der Waals surface area contributed by atoms with E-state index in [4.69, 9.17) is 0 Å². The number of hydrogen-bond donors (Lipinski definition) is 1. The number of urea groups is 1. The van der Waals surface area contributed by atoms with Crippen LogP contribution in [-0.2, 0) is 17.9 Å². The number of hydrogen-bond acceptors (Lipinski definition) is 5. The highest BCUT2D eigenvalue weighted by molar-refractivity contribution is 6.01. The van der Waals surface area contributed by atoms with Crippen LogP contribution in [0.2, 0.25) is 0 Å². The van der Waals surface area contributed by atoms with Gasteiger partial charge in [-0.1, -0.05) is 72.8 Å². The Kier molecular flexibility index (Phi) is 6.37. The second kappa shape index (κ2) is 10.2. The number of nitrogens with zero attached hydrogens (tertiary/aromatic N) is 4. The maximum absolute atomic E-state index is 13.1. The predicted molar refractivity (Wildman–Crippen MR) is 150 cm³/mol. The first-order chi connectivity index (χ1) is 19.5. The fraction of sp³-hybridized carbons (Fsp3) is 0.344. The van der Waals surface area contributed by atoms with Gasteiger partial charge in [0.25, 0.3) is 5.91 Å². The summed E-state index contributed by atoms with van der Waals surface area (Å²) in [7, 11) is 0. The summed E-state index contributed by atoms with van der Waals surface area (Å²) in [6, 6.07) is 28.5. The summed E-state index contributed by atoms with van der Waals surface area (Å²) in [6.45, 7) is 3.42. The van der Waals surface area contributed by atoms with Gasteiger partial charge in [0.15, 0.2) is 0 Å². The Balaban J connectivity index is 1.07. The van der Waals surface area contributed by atoms with E-state index in [1.54, 1.807) is 0 Å². The maximum Gasteiger partial charge on any atom is 0.342 e. The van der Waals surface area contributed by atoms with Crippen LogP contribution in [0.4, 0.5) is 4.79 Å². The summed E-state index contributed by atoms with van der Waals surface area (Å²) in [5.74, 6) is -0.494. The number of hydrazine groups is 1. The number of amides is 4. The van der Waals surface area contributed by atoms with Crippen LogP contribution in [0.1, 0.15) is 57.9 Å². The van der Waals surface area contributed by atoms with Gasteiger partial charge in [0.1, 0.15) is 0 Å². The number of piperazine rings is 1. The molecule has 40 heavy (non-hydrogen) atoms. The molecule has 8 nitrogen and oxygen atoms in total. The van der Waals surface area contributed by atoms with Crippen LogP contribution >= 0.6 is 0 Å². The molecule has 2 bridgehead atoms. The third-order valence-corrected chi connectivity index (χ3v) is 8.83. The maximum atomic E-state index is 13.1. The summed E-state index contributed by atoms with van der Waals surface area (Å²) in [6.07, 6.45) is 2.59. The topological polar surface area (TPSA) is 76.2 Å². The Morgan fingerprint density at radius 1 is 0.800 bits per heavy atom. The molecule has 4 amide bonds. The fourth-order valence-corrected chi connectivity index (χ4v) is 7.08. The van der Waals surface area contributed by atoms with E-state index in [-0.39, 0.29) is 30.8 Å². The molecule has 204 valence electrons. The highest BCUT2D eigenvalue weighted by Gasteiger charge is 2.44. The number of fused-ring (bicyclic) bond motifs is 3. The third kappa shape index (κ3) is 4.47. The lowest BCUT2D eigenvalue weighted by Gasteiger charge is -2.45. The van der Waals surface area contributed by atoms with Crippen LogP contribution in [0.3, 0.4) is 0 Å². The zero-order valence-corrected chi connectivity index (χ0v) is 22.4. The first-order valence-corrected chi connectivity index (χ1v) is 14.2. The van der Waals surface area contributed by atoms with Gasteiger partial charge in [-0.3, -0.25) is 24.7 Å². The van der Waals surface area contributed by atoms with Crippen LogP contribution in [-0.4, -0.2) is 69.4 Å². The van der Waals surface area contributed by atoms with Crippen molar-refractivity contribution in [3.05, 3.63) is 107 Å². The SMILES string of the molecule is O=C1CCN(N2Cc3cc(CN4CC5CCC(C4)N5C(c4ccccc4)c4ccccc4)ccc3C2=O)C(=O)N1. The van der Waals surface area contributed by atoms with Crippen LogP contribution in [0.15, 0.2) is 78.9 Å². The number of carbonyl (C=O) groups is 3. The summed E-state index contributed by atoms with van der Waals surface area (Å²) in [4.78, 5) is 42.3. The minimum absolute atomic E-state index is 0.189. The van der Waals surface area contributed by atoms with E-state index in [1.165, 1.54) is 39.5 Å². The van der Waals surface area contributed by atoms with Crippen molar-refractivity contribution in [2.45, 2.75) is 50.5 Å². The molecular weight excluding hydrogens is 502 g/mol. The van der Waals surface area contributed by atoms with Crippen molar-refractivity contribution in [2.24, 2.45) is 0 Å². The summed E-state index contributed by atoms with van der Waals surface area (Å²) in [5.41, 5.74) is 5.44. The van der Waals surface area contributed by atoms with Gasteiger partial charge in [0.2, 0.25) is 5.91 Å². The zero-order chi connectivity index (χ0) is 27.2. The van der Waals surface area contributed by atoms with Crippen molar-refractivity contribution >= 4 is 17.8 Å². The predicted octanol–water partition coefficient (Wildman–Crippen LogP) is 3.94. The van der Waals surface area contributed by atoms with E-state index in [1.807, 2.05) is 12.1 Å². The van der Waals surface area contributed by atoms with Crippen molar-refractivity contribution in [1.29, 1.82) is 0 Å². The van der Waals surface area contributed by atoms with E-state index < -0.39 is 6.03 Å². The van der Waals surface area contributed by atoms with Gasteiger partial charge in [0.05, 0.1) is 19.1 Å². The Labute approximate surface area is 234 Å². The normalized spacial score (nSPS) is 23.2. The molecule has 8 heteroatoms. The van der Waals surface area contributed by atoms with E-state index in [0.29, 0.717) is 24.2 Å². The lowest BCUT2D eigenvalue weighted by atomic mass is 9.94. The summed E-state index contributed by atoms with van der Waals surface area (Å²) in [5, 5.41) is 5.13. The Morgan fingerprint density at radius 3 is 2.08 bits per heavy atom. The molecule has 1 N–H and O–H groups in total. The molecule has 0 aromatic heterocycles. The zero-order valence-electron chi connectivity index (χ0n) is 22.4. The largest absolute Gasteiger partial charge is 0.342 e. The van der Waals surface area contributed by atoms with Crippen LogP contribution in [0, 0.1) is 0 Å². The van der Waals surface area contributed by atoms with Gasteiger partial charge in [-0.2, -0.15) is 0 Å². The molecule has 3 fully saturated rings. The Morgan fingerprint density at radius 2 is 1.45 bits per heavy atom. The molecule has 0 radical (unpaired) electrons. The quantitative estimate of drug-likeness (QED) is 0.518. The van der Waals surface area contributed by atoms with Gasteiger partial charge < -0.3 is 0 Å². The van der Waals surface area contributed by atoms with Gasteiger partial charge >= 0.3 is 6.03 Å². The second-order valence-corrected chi connectivity index (χ2v) is 11.3. The number of benzene rings is 3. The molecule has 2 unspecified atom stereocenters. The molecule has 2 atom stereocenters. The van der Waals surface area contributed by atoms with E-state index in [9.17, 15) is 14.4 Å². The first-order valence-electron chi connectivity index (χ1n) is 14.2. The molecule has 0 saturated carbocycles. The van der Waals surface area contributed by atoms with Crippen molar-refractivity contribution in [3.8, 4) is 0 Å². The molecule has 4 aliphatic rings. The standard InChI is InChI=1S/C32H33N5O3/c38-29-15-16-35(32(40)33-29)36-19-25-17-22(11-14-28(25)31(36)39)18-34-20-26-12-13-27(21-34)37(26)30(23-7-3-1-4-8-23)24-9-5-2-6-10-24/h1-11,14,17,26-27,30H,12-13,15-16,18-21H2,(H,33,38,40). The lowest BCUT2D eigenvalue weighted by molar-refractivity contribution is -0.123. The summed E-state index contributed by atoms with van der Waals surface area (Å²) >= 11 is 0. The van der Waals surface area contributed by atoms with Crippen molar-refractivity contribution in [1.82, 2.24) is 25.1 Å². The molecule has 4 aliphatic heterocycles. The lowest BCUT2D eigenvalue weighted by Crippen LogP contribution is -2.56. The van der Waals surface area contributed by atoms with Gasteiger partial charge in [0, 0.05) is 43.7 Å². The highest BCUT2D eigenvalue weighted by atomic mass is 16.2. The first kappa shape index (κ1) is 25.0. The number of likely N-dealkylation sites (tertiary alicyclic amines) is 1. The monoisotopic (exact) mass is 535 g/mol. The van der Waals surface area contributed by atoms with E-state index in [0.717, 1.165) is 25.2 Å². The molecule has 0 aliphatic carbocycles. The third-order valence-electron chi connectivity index (χ3n) is 8.83. The molecule has 3 aromatic carbocycles. The van der Waals surface area contributed by atoms with Crippen molar-refractivity contribution in [2.75, 3.05) is 19.6 Å². The average molecular weight is 536 g/mol. The smallest absolute Gasteiger partial charge is 0.296 e. The molecule has 0 spiro atoms. The van der Waals surface area contributed by atoms with Crippen LogP contribution in [0.25, 0.3) is 0 Å². The number of nitrogens with one attached hydrogen (secondary N) is 1. The average Bonchev–Trinajstić information content (AvgIpc) is 3.41. The molecule has 4 heterocycles. The highest BCUT2D eigenvalue weighted by Crippen LogP contribution is 2.41. The van der Waals surface area contributed by atoms with Gasteiger partial charge in [-0.25, -0.2) is 14.8 Å². The van der Waals surface area contributed by atoms with Crippen molar-refractivity contribution < 1.29 is 14.4 Å². The fourth-order valence-electron chi connectivity index (χ4n) is 7.08. The Hall–Kier alpha value is -4.01.